The van der Waals surface area contributed by atoms with Crippen LogP contribution >= 0.6 is 11.6 Å². The summed E-state index contributed by atoms with van der Waals surface area (Å²) in [5, 5.41) is 6.20. The number of hydrogen-bond acceptors (Lipinski definition) is 3. The van der Waals surface area contributed by atoms with Crippen molar-refractivity contribution in [1.82, 2.24) is 15.5 Å². The number of ketones is 1. The van der Waals surface area contributed by atoms with E-state index in [1.807, 2.05) is 19.1 Å². The number of benzene rings is 1. The molecule has 0 aromatic heterocycles. The lowest BCUT2D eigenvalue weighted by atomic mass is 9.89. The van der Waals surface area contributed by atoms with Crippen LogP contribution in [0.1, 0.15) is 36.5 Å². The normalized spacial score (nSPS) is 15.9. The first-order valence-corrected chi connectivity index (χ1v) is 9.01. The molecule has 2 N–H and O–H groups in total. The molecule has 0 spiro atoms. The third-order valence-corrected chi connectivity index (χ3v) is 4.61. The molecule has 132 valence electrons. The highest BCUT2D eigenvalue weighted by Gasteiger charge is 2.25. The van der Waals surface area contributed by atoms with Crippen molar-refractivity contribution in [1.29, 1.82) is 0 Å². The first-order valence-electron chi connectivity index (χ1n) is 8.64. The Balaban J connectivity index is 1.67. The van der Waals surface area contributed by atoms with E-state index in [1.54, 1.807) is 12.1 Å². The zero-order valence-corrected chi connectivity index (χ0v) is 14.9. The van der Waals surface area contributed by atoms with Gasteiger partial charge in [0.2, 0.25) is 0 Å². The van der Waals surface area contributed by atoms with E-state index in [0.717, 1.165) is 44.5 Å². The predicted octanol–water partition coefficient (Wildman–Crippen LogP) is 2.94. The molecule has 0 atom stereocenters. The number of piperidine rings is 1. The number of halogens is 1. The van der Waals surface area contributed by atoms with Crippen molar-refractivity contribution >= 4 is 23.4 Å². The average molecular weight is 352 g/mol. The standard InChI is InChI=1S/C18H26ClN3O2/c1-2-20-18(24)21-10-3-11-22-12-8-15(9-13-22)17(23)14-4-6-16(19)7-5-14/h4-7,15H,2-3,8-13H2,1H3,(H2,20,21,24). The molecule has 1 heterocycles. The van der Waals surface area contributed by atoms with E-state index in [9.17, 15) is 9.59 Å². The second-order valence-electron chi connectivity index (χ2n) is 6.13. The molecule has 1 aromatic rings. The van der Waals surface area contributed by atoms with Crippen molar-refractivity contribution in [2.45, 2.75) is 26.2 Å². The number of likely N-dealkylation sites (tertiary alicyclic amines) is 1. The Morgan fingerprint density at radius 1 is 1.17 bits per heavy atom. The van der Waals surface area contributed by atoms with Crippen molar-refractivity contribution in [2.75, 3.05) is 32.7 Å². The minimum absolute atomic E-state index is 0.107. The van der Waals surface area contributed by atoms with Crippen molar-refractivity contribution in [3.63, 3.8) is 0 Å². The van der Waals surface area contributed by atoms with Crippen molar-refractivity contribution in [2.24, 2.45) is 5.92 Å². The fraction of sp³-hybridized carbons (Fsp3) is 0.556. The predicted molar refractivity (Wildman–Crippen MR) is 96.6 cm³/mol. The molecule has 1 saturated heterocycles. The molecule has 0 bridgehead atoms. The van der Waals surface area contributed by atoms with E-state index >= 15 is 0 Å². The van der Waals surface area contributed by atoms with Gasteiger partial charge in [-0.1, -0.05) is 11.6 Å². The third kappa shape index (κ3) is 5.80. The zero-order valence-electron chi connectivity index (χ0n) is 14.2. The molecule has 1 aliphatic rings. The van der Waals surface area contributed by atoms with Gasteiger partial charge in [-0.05, 0) is 70.1 Å². The summed E-state index contributed by atoms with van der Waals surface area (Å²) in [6.07, 6.45) is 2.71. The maximum atomic E-state index is 12.5. The number of hydrogen-bond donors (Lipinski definition) is 2. The Hall–Kier alpha value is -1.59. The molecule has 24 heavy (non-hydrogen) atoms. The summed E-state index contributed by atoms with van der Waals surface area (Å²) >= 11 is 5.87. The topological polar surface area (TPSA) is 61.4 Å². The molecule has 0 radical (unpaired) electrons. The van der Waals surface area contributed by atoms with E-state index < -0.39 is 0 Å². The van der Waals surface area contributed by atoms with Gasteiger partial charge in [0.15, 0.2) is 5.78 Å². The highest BCUT2D eigenvalue weighted by atomic mass is 35.5. The van der Waals surface area contributed by atoms with Gasteiger partial charge in [-0.3, -0.25) is 4.79 Å². The molecule has 6 heteroatoms. The lowest BCUT2D eigenvalue weighted by Gasteiger charge is -2.31. The van der Waals surface area contributed by atoms with Gasteiger partial charge >= 0.3 is 6.03 Å². The summed E-state index contributed by atoms with van der Waals surface area (Å²) < 4.78 is 0. The molecule has 1 aromatic carbocycles. The molecule has 0 unspecified atom stereocenters. The van der Waals surface area contributed by atoms with Gasteiger partial charge in [0.1, 0.15) is 0 Å². The monoisotopic (exact) mass is 351 g/mol. The number of rotatable bonds is 7. The van der Waals surface area contributed by atoms with Crippen LogP contribution in [0.5, 0.6) is 0 Å². The fourth-order valence-corrected chi connectivity index (χ4v) is 3.12. The van der Waals surface area contributed by atoms with Crippen molar-refractivity contribution in [3.8, 4) is 0 Å². The molecule has 5 nitrogen and oxygen atoms in total. The Morgan fingerprint density at radius 2 is 1.83 bits per heavy atom. The van der Waals surface area contributed by atoms with Crippen LogP contribution < -0.4 is 10.6 Å². The molecule has 2 amide bonds. The number of nitrogens with one attached hydrogen (secondary N) is 2. The van der Waals surface area contributed by atoms with E-state index in [2.05, 4.69) is 15.5 Å². The van der Waals surface area contributed by atoms with Gasteiger partial charge in [0, 0.05) is 29.6 Å². The summed E-state index contributed by atoms with van der Waals surface area (Å²) in [6, 6.07) is 7.05. The zero-order chi connectivity index (χ0) is 17.4. The molecule has 1 aliphatic heterocycles. The largest absolute Gasteiger partial charge is 0.338 e. The minimum Gasteiger partial charge on any atom is -0.338 e. The average Bonchev–Trinajstić information content (AvgIpc) is 2.60. The van der Waals surface area contributed by atoms with E-state index in [4.69, 9.17) is 11.6 Å². The first-order chi connectivity index (χ1) is 11.6. The van der Waals surface area contributed by atoms with Gasteiger partial charge < -0.3 is 15.5 Å². The van der Waals surface area contributed by atoms with E-state index in [-0.39, 0.29) is 17.7 Å². The van der Waals surface area contributed by atoms with Crippen LogP contribution in [0.3, 0.4) is 0 Å². The van der Waals surface area contributed by atoms with Gasteiger partial charge in [-0.15, -0.1) is 0 Å². The Bertz CT molecular complexity index is 540. The number of carbonyl (C=O) groups excluding carboxylic acids is 2. The quantitative estimate of drug-likeness (QED) is 0.586. The number of Topliss-reactive ketones (excluding diaryl/α,β-unsaturated/α-hetero) is 1. The number of amides is 2. The summed E-state index contributed by atoms with van der Waals surface area (Å²) in [7, 11) is 0. The van der Waals surface area contributed by atoms with Crippen LogP contribution in [-0.2, 0) is 0 Å². The van der Waals surface area contributed by atoms with Crippen molar-refractivity contribution in [3.05, 3.63) is 34.9 Å². The maximum absolute atomic E-state index is 12.5. The Labute approximate surface area is 148 Å². The Morgan fingerprint density at radius 3 is 2.46 bits per heavy atom. The van der Waals surface area contributed by atoms with Crippen LogP contribution in [0.4, 0.5) is 4.79 Å². The smallest absolute Gasteiger partial charge is 0.314 e. The highest BCUT2D eigenvalue weighted by molar-refractivity contribution is 6.30. The Kier molecular flexibility index (Phi) is 7.53. The molecule has 0 saturated carbocycles. The van der Waals surface area contributed by atoms with E-state index in [0.29, 0.717) is 18.1 Å². The second kappa shape index (κ2) is 9.64. The highest BCUT2D eigenvalue weighted by Crippen LogP contribution is 2.22. The maximum Gasteiger partial charge on any atom is 0.314 e. The molecular formula is C18H26ClN3O2. The van der Waals surface area contributed by atoms with Crippen molar-refractivity contribution < 1.29 is 9.59 Å². The van der Waals surface area contributed by atoms with Gasteiger partial charge in [0.25, 0.3) is 0 Å². The number of urea groups is 1. The molecular weight excluding hydrogens is 326 g/mol. The fourth-order valence-electron chi connectivity index (χ4n) is 3.00. The van der Waals surface area contributed by atoms with Crippen LogP contribution in [0.2, 0.25) is 5.02 Å². The lowest BCUT2D eigenvalue weighted by Crippen LogP contribution is -2.39. The molecule has 2 rings (SSSR count). The molecule has 1 fully saturated rings. The summed E-state index contributed by atoms with van der Waals surface area (Å²) in [4.78, 5) is 26.2. The lowest BCUT2D eigenvalue weighted by molar-refractivity contribution is 0.0839. The van der Waals surface area contributed by atoms with Gasteiger partial charge in [-0.25, -0.2) is 4.79 Å². The van der Waals surface area contributed by atoms with Gasteiger partial charge in [-0.2, -0.15) is 0 Å². The second-order valence-corrected chi connectivity index (χ2v) is 6.56. The molecule has 0 aliphatic carbocycles. The number of nitrogens with zero attached hydrogens (tertiary/aromatic N) is 1. The first kappa shape index (κ1) is 18.7. The summed E-state index contributed by atoms with van der Waals surface area (Å²) in [5.41, 5.74) is 0.754. The van der Waals surface area contributed by atoms with Crippen LogP contribution in [-0.4, -0.2) is 49.4 Å². The SMILES string of the molecule is CCNC(=O)NCCCN1CCC(C(=O)c2ccc(Cl)cc2)CC1. The van der Waals surface area contributed by atoms with E-state index in [1.165, 1.54) is 0 Å². The third-order valence-electron chi connectivity index (χ3n) is 4.36. The van der Waals surface area contributed by atoms with Crippen LogP contribution in [0.15, 0.2) is 24.3 Å². The minimum atomic E-state index is -0.107. The van der Waals surface area contributed by atoms with Gasteiger partial charge in [0.05, 0.1) is 0 Å². The van der Waals surface area contributed by atoms with Crippen LogP contribution in [0.25, 0.3) is 0 Å². The van der Waals surface area contributed by atoms with Crippen LogP contribution in [0, 0.1) is 5.92 Å². The summed E-state index contributed by atoms with van der Waals surface area (Å²) in [6.45, 7) is 6.04. The number of carbonyl (C=O) groups is 2. The summed E-state index contributed by atoms with van der Waals surface area (Å²) in [5.74, 6) is 0.333.